The topological polar surface area (TPSA) is 21.7 Å². The smallest absolute Gasteiger partial charge is 0.137 e. The van der Waals surface area contributed by atoms with Crippen LogP contribution in [0.5, 0.6) is 5.75 Å². The van der Waals surface area contributed by atoms with Crippen LogP contribution in [0.15, 0.2) is 24.3 Å². The van der Waals surface area contributed by atoms with Crippen molar-refractivity contribution in [3.63, 3.8) is 0 Å². The Hall–Kier alpha value is -0.770. The van der Waals surface area contributed by atoms with Gasteiger partial charge in [-0.25, -0.2) is 0 Å². The van der Waals surface area contributed by atoms with Gasteiger partial charge in [0.15, 0.2) is 0 Å². The fourth-order valence-electron chi connectivity index (χ4n) is 2.18. The highest BCUT2D eigenvalue weighted by Gasteiger charge is 2.08. The first kappa shape index (κ1) is 14.6. The summed E-state index contributed by atoms with van der Waals surface area (Å²) < 4.78 is 11.0. The minimum atomic E-state index is 0.691. The predicted octanol–water partition coefficient (Wildman–Crippen LogP) is 3.22. The molecule has 0 amide bonds. The van der Waals surface area contributed by atoms with Gasteiger partial charge in [-0.1, -0.05) is 23.7 Å². The first-order valence-electron chi connectivity index (χ1n) is 7.04. The molecule has 1 fully saturated rings. The van der Waals surface area contributed by atoms with E-state index in [-0.39, 0.29) is 0 Å². The molecule has 106 valence electrons. The molecule has 0 spiro atoms. The fraction of sp³-hybridized carbons (Fsp3) is 0.600. The molecule has 0 radical (unpaired) electrons. The molecule has 1 aliphatic heterocycles. The van der Waals surface area contributed by atoms with E-state index < -0.39 is 0 Å². The van der Waals surface area contributed by atoms with E-state index >= 15 is 0 Å². The predicted molar refractivity (Wildman–Crippen MR) is 78.1 cm³/mol. The monoisotopic (exact) mass is 283 g/mol. The third kappa shape index (κ3) is 5.39. The van der Waals surface area contributed by atoms with Crippen molar-refractivity contribution in [1.82, 2.24) is 4.90 Å². The van der Waals surface area contributed by atoms with Crippen LogP contribution in [-0.2, 0) is 4.74 Å². The van der Waals surface area contributed by atoms with Gasteiger partial charge in [0.25, 0.3) is 0 Å². The highest BCUT2D eigenvalue weighted by atomic mass is 35.5. The van der Waals surface area contributed by atoms with Gasteiger partial charge < -0.3 is 9.47 Å². The summed E-state index contributed by atoms with van der Waals surface area (Å²) in [6, 6.07) is 7.63. The number of hydrogen-bond donors (Lipinski definition) is 0. The Bertz CT molecular complexity index is 367. The van der Waals surface area contributed by atoms with Gasteiger partial charge in [-0.05, 0) is 37.9 Å². The highest BCUT2D eigenvalue weighted by molar-refractivity contribution is 6.32. The van der Waals surface area contributed by atoms with E-state index in [1.54, 1.807) is 0 Å². The summed E-state index contributed by atoms with van der Waals surface area (Å²) >= 11 is 6.02. The van der Waals surface area contributed by atoms with Crippen molar-refractivity contribution in [2.24, 2.45) is 0 Å². The van der Waals surface area contributed by atoms with Crippen LogP contribution in [-0.4, -0.2) is 44.4 Å². The summed E-state index contributed by atoms with van der Waals surface area (Å²) in [5.41, 5.74) is 0. The Morgan fingerprint density at radius 1 is 1.11 bits per heavy atom. The molecule has 19 heavy (non-hydrogen) atoms. The van der Waals surface area contributed by atoms with Gasteiger partial charge >= 0.3 is 0 Å². The number of ether oxygens (including phenoxy) is 2. The van der Waals surface area contributed by atoms with Crippen LogP contribution in [0, 0.1) is 0 Å². The van der Waals surface area contributed by atoms with Crippen molar-refractivity contribution >= 4 is 11.6 Å². The number of benzene rings is 1. The Morgan fingerprint density at radius 3 is 2.68 bits per heavy atom. The van der Waals surface area contributed by atoms with Crippen molar-refractivity contribution in [3.05, 3.63) is 29.3 Å². The van der Waals surface area contributed by atoms with Crippen molar-refractivity contribution in [2.75, 3.05) is 39.5 Å². The standard InChI is InChI=1S/C15H22ClNO2/c16-14-6-2-3-7-15(14)19-11-5-1-4-8-17-9-12-18-13-10-17/h2-3,6-7H,1,4-5,8-13H2. The van der Waals surface area contributed by atoms with Crippen LogP contribution < -0.4 is 4.74 Å². The largest absolute Gasteiger partial charge is 0.492 e. The molecule has 1 aromatic carbocycles. The molecular weight excluding hydrogens is 262 g/mol. The van der Waals surface area contributed by atoms with Crippen LogP contribution in [0.2, 0.25) is 5.02 Å². The number of rotatable bonds is 7. The number of hydrogen-bond acceptors (Lipinski definition) is 3. The second-order valence-electron chi connectivity index (χ2n) is 4.79. The molecule has 0 atom stereocenters. The van der Waals surface area contributed by atoms with Gasteiger partial charge in [-0.2, -0.15) is 0 Å². The van der Waals surface area contributed by atoms with Crippen molar-refractivity contribution in [3.8, 4) is 5.75 Å². The lowest BCUT2D eigenvalue weighted by Crippen LogP contribution is -2.36. The van der Waals surface area contributed by atoms with Gasteiger partial charge in [0, 0.05) is 13.1 Å². The number of morpholine rings is 1. The number of unbranched alkanes of at least 4 members (excludes halogenated alkanes) is 2. The normalized spacial score (nSPS) is 16.5. The van der Waals surface area contributed by atoms with Gasteiger partial charge in [0.1, 0.15) is 5.75 Å². The molecule has 0 bridgehead atoms. The van der Waals surface area contributed by atoms with E-state index in [0.717, 1.165) is 45.1 Å². The molecule has 3 nitrogen and oxygen atoms in total. The fourth-order valence-corrected chi connectivity index (χ4v) is 2.37. The zero-order valence-corrected chi connectivity index (χ0v) is 12.1. The van der Waals surface area contributed by atoms with Crippen molar-refractivity contribution in [1.29, 1.82) is 0 Å². The number of para-hydroxylation sites is 1. The zero-order chi connectivity index (χ0) is 13.3. The molecule has 2 rings (SSSR count). The minimum Gasteiger partial charge on any atom is -0.492 e. The Kier molecular flexibility index (Phi) is 6.48. The highest BCUT2D eigenvalue weighted by Crippen LogP contribution is 2.23. The zero-order valence-electron chi connectivity index (χ0n) is 11.3. The van der Waals surface area contributed by atoms with Gasteiger partial charge in [-0.3, -0.25) is 4.90 Å². The molecule has 4 heteroatoms. The van der Waals surface area contributed by atoms with E-state index in [4.69, 9.17) is 21.1 Å². The van der Waals surface area contributed by atoms with Gasteiger partial charge in [-0.15, -0.1) is 0 Å². The van der Waals surface area contributed by atoms with Crippen molar-refractivity contribution in [2.45, 2.75) is 19.3 Å². The Labute approximate surface area is 120 Å². The lowest BCUT2D eigenvalue weighted by molar-refractivity contribution is 0.0370. The summed E-state index contributed by atoms with van der Waals surface area (Å²) in [6.07, 6.45) is 3.50. The van der Waals surface area contributed by atoms with Gasteiger partial charge in [0.05, 0.1) is 24.8 Å². The Morgan fingerprint density at radius 2 is 1.89 bits per heavy atom. The third-order valence-corrected chi connectivity index (χ3v) is 3.63. The molecule has 1 aromatic rings. The molecular formula is C15H22ClNO2. The maximum atomic E-state index is 6.02. The lowest BCUT2D eigenvalue weighted by Gasteiger charge is -2.26. The summed E-state index contributed by atoms with van der Waals surface area (Å²) in [5, 5.41) is 0.691. The number of halogens is 1. The SMILES string of the molecule is Clc1ccccc1OCCCCCN1CCOCC1. The summed E-state index contributed by atoms with van der Waals surface area (Å²) in [6.45, 7) is 5.85. The molecule has 0 N–H and O–H groups in total. The summed E-state index contributed by atoms with van der Waals surface area (Å²) in [7, 11) is 0. The second kappa shape index (κ2) is 8.41. The maximum Gasteiger partial charge on any atom is 0.137 e. The van der Waals surface area contributed by atoms with Crippen LogP contribution >= 0.6 is 11.6 Å². The molecule has 0 aliphatic carbocycles. The second-order valence-corrected chi connectivity index (χ2v) is 5.20. The molecule has 1 aliphatic rings. The number of nitrogens with zero attached hydrogens (tertiary/aromatic N) is 1. The molecule has 1 saturated heterocycles. The average molecular weight is 284 g/mol. The Balaban J connectivity index is 1.51. The molecule has 1 heterocycles. The first-order valence-corrected chi connectivity index (χ1v) is 7.41. The van der Waals surface area contributed by atoms with Gasteiger partial charge in [0.2, 0.25) is 0 Å². The minimum absolute atomic E-state index is 0.691. The molecule has 0 saturated carbocycles. The van der Waals surface area contributed by atoms with Crippen LogP contribution in [0.3, 0.4) is 0 Å². The van der Waals surface area contributed by atoms with Crippen molar-refractivity contribution < 1.29 is 9.47 Å². The maximum absolute atomic E-state index is 6.02. The van der Waals surface area contributed by atoms with E-state index in [1.807, 2.05) is 24.3 Å². The lowest BCUT2D eigenvalue weighted by atomic mass is 10.2. The first-order chi connectivity index (χ1) is 9.36. The van der Waals surface area contributed by atoms with Crippen LogP contribution in [0.25, 0.3) is 0 Å². The molecule has 0 unspecified atom stereocenters. The van der Waals surface area contributed by atoms with E-state index in [0.29, 0.717) is 5.02 Å². The average Bonchev–Trinajstić information content (AvgIpc) is 2.45. The quantitative estimate of drug-likeness (QED) is 0.717. The van der Waals surface area contributed by atoms with E-state index in [9.17, 15) is 0 Å². The van der Waals surface area contributed by atoms with Crippen LogP contribution in [0.1, 0.15) is 19.3 Å². The van der Waals surface area contributed by atoms with E-state index in [2.05, 4.69) is 4.90 Å². The summed E-state index contributed by atoms with van der Waals surface area (Å²) in [4.78, 5) is 2.47. The summed E-state index contributed by atoms with van der Waals surface area (Å²) in [5.74, 6) is 0.789. The molecule has 0 aromatic heterocycles. The van der Waals surface area contributed by atoms with Crippen LogP contribution in [0.4, 0.5) is 0 Å². The van der Waals surface area contributed by atoms with E-state index in [1.165, 1.54) is 19.4 Å². The third-order valence-electron chi connectivity index (χ3n) is 3.32.